The first-order chi connectivity index (χ1) is 10.8. The molecule has 3 N–H and O–H groups in total. The SMILES string of the molecule is ONc1ccc(Sc2cnc(CNCc3ccco3)s2)cc1. The number of aromatic nitrogens is 1. The maximum atomic E-state index is 8.79. The fourth-order valence-electron chi connectivity index (χ4n) is 1.84. The van der Waals surface area contributed by atoms with Crippen LogP contribution in [0.2, 0.25) is 0 Å². The molecular weight excluding hydrogens is 318 g/mol. The Kier molecular flexibility index (Phi) is 5.12. The first-order valence-electron chi connectivity index (χ1n) is 6.69. The van der Waals surface area contributed by atoms with Crippen molar-refractivity contribution in [3.05, 3.63) is 59.6 Å². The monoisotopic (exact) mass is 333 g/mol. The van der Waals surface area contributed by atoms with Gasteiger partial charge in [-0.05, 0) is 36.4 Å². The predicted octanol–water partition coefficient (Wildman–Crippen LogP) is 3.98. The van der Waals surface area contributed by atoms with E-state index >= 15 is 0 Å². The second-order valence-corrected chi connectivity index (χ2v) is 6.98. The minimum Gasteiger partial charge on any atom is -0.468 e. The van der Waals surface area contributed by atoms with E-state index in [0.29, 0.717) is 12.2 Å². The molecule has 0 fully saturated rings. The van der Waals surface area contributed by atoms with Crippen LogP contribution in [0.25, 0.3) is 0 Å². The third-order valence-corrected chi connectivity index (χ3v) is 5.00. The number of nitrogens with zero attached hydrogens (tertiary/aromatic N) is 1. The van der Waals surface area contributed by atoms with Gasteiger partial charge in [0.1, 0.15) is 10.8 Å². The summed E-state index contributed by atoms with van der Waals surface area (Å²) in [6.45, 7) is 1.42. The highest BCUT2D eigenvalue weighted by molar-refractivity contribution is 8.01. The van der Waals surface area contributed by atoms with Gasteiger partial charge in [0.25, 0.3) is 0 Å². The van der Waals surface area contributed by atoms with Crippen molar-refractivity contribution >= 4 is 28.8 Å². The van der Waals surface area contributed by atoms with E-state index in [2.05, 4.69) is 15.8 Å². The number of hydrogen-bond donors (Lipinski definition) is 3. The van der Waals surface area contributed by atoms with Gasteiger partial charge in [-0.1, -0.05) is 11.8 Å². The summed E-state index contributed by atoms with van der Waals surface area (Å²) in [7, 11) is 0. The van der Waals surface area contributed by atoms with Crippen LogP contribution in [0.1, 0.15) is 10.8 Å². The summed E-state index contributed by atoms with van der Waals surface area (Å²) in [5, 5.41) is 13.1. The second-order valence-electron chi connectivity index (χ2n) is 4.49. The van der Waals surface area contributed by atoms with Gasteiger partial charge in [0.05, 0.1) is 28.9 Å². The molecular formula is C15H15N3O2S2. The fraction of sp³-hybridized carbons (Fsp3) is 0.133. The molecule has 0 aliphatic rings. The standard InChI is InChI=1S/C15H15N3O2S2/c19-18-11-3-5-13(6-4-11)21-15-10-17-14(22-15)9-16-8-12-2-1-7-20-12/h1-7,10,16,18-19H,8-9H2. The van der Waals surface area contributed by atoms with Gasteiger partial charge >= 0.3 is 0 Å². The first-order valence-corrected chi connectivity index (χ1v) is 8.32. The van der Waals surface area contributed by atoms with Crippen molar-refractivity contribution < 1.29 is 9.62 Å². The number of anilines is 1. The van der Waals surface area contributed by atoms with Crippen LogP contribution in [0.3, 0.4) is 0 Å². The minimum atomic E-state index is 0.677. The highest BCUT2D eigenvalue weighted by Gasteiger charge is 2.05. The van der Waals surface area contributed by atoms with Crippen LogP contribution in [0, 0.1) is 0 Å². The van der Waals surface area contributed by atoms with Crippen LogP contribution < -0.4 is 10.8 Å². The summed E-state index contributed by atoms with van der Waals surface area (Å²) in [6.07, 6.45) is 3.56. The van der Waals surface area contributed by atoms with E-state index in [0.717, 1.165) is 26.4 Å². The molecule has 0 aliphatic carbocycles. The first kappa shape index (κ1) is 15.1. The molecule has 7 heteroatoms. The second kappa shape index (κ2) is 7.46. The van der Waals surface area contributed by atoms with Crippen LogP contribution in [0.15, 0.2) is 62.4 Å². The van der Waals surface area contributed by atoms with Gasteiger partial charge in [-0.25, -0.2) is 4.98 Å². The highest BCUT2D eigenvalue weighted by atomic mass is 32.2. The third kappa shape index (κ3) is 4.11. The molecule has 3 aromatic rings. The Morgan fingerprint density at radius 1 is 1.18 bits per heavy atom. The molecule has 0 bridgehead atoms. The summed E-state index contributed by atoms with van der Waals surface area (Å²) in [4.78, 5) is 5.53. The number of furan rings is 1. The number of hydrogen-bond acceptors (Lipinski definition) is 7. The molecule has 5 nitrogen and oxygen atoms in total. The zero-order valence-corrected chi connectivity index (χ0v) is 13.3. The average Bonchev–Trinajstić information content (AvgIpc) is 3.20. The van der Waals surface area contributed by atoms with E-state index in [9.17, 15) is 0 Å². The summed E-state index contributed by atoms with van der Waals surface area (Å²) >= 11 is 3.33. The Morgan fingerprint density at radius 3 is 2.77 bits per heavy atom. The zero-order valence-electron chi connectivity index (χ0n) is 11.7. The molecule has 0 unspecified atom stereocenters. The number of nitrogens with one attached hydrogen (secondary N) is 2. The molecule has 0 atom stereocenters. The normalized spacial score (nSPS) is 10.8. The van der Waals surface area contributed by atoms with Crippen molar-refractivity contribution in [1.29, 1.82) is 0 Å². The Labute approximate surface area is 136 Å². The maximum Gasteiger partial charge on any atom is 0.117 e. The molecule has 0 saturated heterocycles. The molecule has 3 rings (SSSR count). The quantitative estimate of drug-likeness (QED) is 0.568. The molecule has 0 amide bonds. The van der Waals surface area contributed by atoms with Crippen molar-refractivity contribution in [2.75, 3.05) is 5.48 Å². The average molecular weight is 333 g/mol. The lowest BCUT2D eigenvalue weighted by Crippen LogP contribution is -2.11. The van der Waals surface area contributed by atoms with Crippen LogP contribution >= 0.6 is 23.1 Å². The van der Waals surface area contributed by atoms with E-state index in [-0.39, 0.29) is 0 Å². The molecule has 22 heavy (non-hydrogen) atoms. The van der Waals surface area contributed by atoms with Gasteiger partial charge in [-0.2, -0.15) is 0 Å². The Hall–Kier alpha value is -1.80. The lowest BCUT2D eigenvalue weighted by Gasteiger charge is -2.01. The largest absolute Gasteiger partial charge is 0.468 e. The molecule has 0 radical (unpaired) electrons. The van der Waals surface area contributed by atoms with E-state index in [1.54, 1.807) is 29.4 Å². The lowest BCUT2D eigenvalue weighted by molar-refractivity contribution is 0.389. The topological polar surface area (TPSA) is 70.3 Å². The third-order valence-electron chi connectivity index (χ3n) is 2.89. The van der Waals surface area contributed by atoms with Crippen LogP contribution in [0.4, 0.5) is 5.69 Å². The van der Waals surface area contributed by atoms with Gasteiger partial charge in [0.15, 0.2) is 0 Å². The summed E-state index contributed by atoms with van der Waals surface area (Å²) < 4.78 is 6.41. The van der Waals surface area contributed by atoms with Crippen LogP contribution in [0.5, 0.6) is 0 Å². The Bertz CT molecular complexity index is 696. The predicted molar refractivity (Wildman–Crippen MR) is 87.3 cm³/mol. The van der Waals surface area contributed by atoms with Crippen molar-refractivity contribution in [3.8, 4) is 0 Å². The highest BCUT2D eigenvalue weighted by Crippen LogP contribution is 2.32. The molecule has 1 aromatic carbocycles. The van der Waals surface area contributed by atoms with E-state index in [4.69, 9.17) is 9.62 Å². The molecule has 2 aromatic heterocycles. The van der Waals surface area contributed by atoms with Gasteiger partial charge in [0.2, 0.25) is 0 Å². The summed E-state index contributed by atoms with van der Waals surface area (Å²) in [6, 6.07) is 11.4. The molecule has 114 valence electrons. The number of benzene rings is 1. The smallest absolute Gasteiger partial charge is 0.117 e. The Morgan fingerprint density at radius 2 is 2.05 bits per heavy atom. The summed E-state index contributed by atoms with van der Waals surface area (Å²) in [5.41, 5.74) is 2.80. The molecule has 0 saturated carbocycles. The molecule has 0 aliphatic heterocycles. The van der Waals surface area contributed by atoms with Crippen molar-refractivity contribution in [2.45, 2.75) is 22.2 Å². The Balaban J connectivity index is 1.51. The van der Waals surface area contributed by atoms with Gasteiger partial charge in [-0.15, -0.1) is 11.3 Å². The molecule has 2 heterocycles. The van der Waals surface area contributed by atoms with E-state index < -0.39 is 0 Å². The number of thiazole rings is 1. The summed E-state index contributed by atoms with van der Waals surface area (Å²) in [5.74, 6) is 0.920. The fourth-order valence-corrected chi connectivity index (χ4v) is 3.81. The van der Waals surface area contributed by atoms with E-state index in [1.807, 2.05) is 42.6 Å². The van der Waals surface area contributed by atoms with Gasteiger partial charge in [0, 0.05) is 11.4 Å². The molecule has 0 spiro atoms. The minimum absolute atomic E-state index is 0.677. The van der Waals surface area contributed by atoms with Crippen molar-refractivity contribution in [2.24, 2.45) is 0 Å². The van der Waals surface area contributed by atoms with Gasteiger partial charge in [-0.3, -0.25) is 10.7 Å². The van der Waals surface area contributed by atoms with Crippen LogP contribution in [-0.2, 0) is 13.1 Å². The van der Waals surface area contributed by atoms with Crippen molar-refractivity contribution in [1.82, 2.24) is 10.3 Å². The van der Waals surface area contributed by atoms with Crippen molar-refractivity contribution in [3.63, 3.8) is 0 Å². The lowest BCUT2D eigenvalue weighted by atomic mass is 10.3. The zero-order chi connectivity index (χ0) is 15.2. The maximum absolute atomic E-state index is 8.79. The van der Waals surface area contributed by atoms with E-state index in [1.165, 1.54) is 0 Å². The van der Waals surface area contributed by atoms with Crippen LogP contribution in [-0.4, -0.2) is 10.2 Å². The van der Waals surface area contributed by atoms with Gasteiger partial charge < -0.3 is 9.73 Å². The number of rotatable bonds is 7.